The van der Waals surface area contributed by atoms with E-state index in [-0.39, 0.29) is 12.1 Å². The Bertz CT molecular complexity index is 971. The van der Waals surface area contributed by atoms with Crippen molar-refractivity contribution in [3.05, 3.63) is 69.1 Å². The zero-order chi connectivity index (χ0) is 16.7. The molecule has 2 aromatic rings. The Morgan fingerprint density at radius 1 is 1.17 bits per heavy atom. The summed E-state index contributed by atoms with van der Waals surface area (Å²) in [6.07, 6.45) is 1.52. The van der Waals surface area contributed by atoms with Crippen LogP contribution in [0.4, 0.5) is 0 Å². The molecule has 0 saturated carbocycles. The summed E-state index contributed by atoms with van der Waals surface area (Å²) in [5.41, 5.74) is 1.51. The average Bonchev–Trinajstić information content (AvgIpc) is 2.61. The van der Waals surface area contributed by atoms with Crippen molar-refractivity contribution in [3.8, 4) is 0 Å². The predicted octanol–water partition coefficient (Wildman–Crippen LogP) is 1.96. The largest absolute Gasteiger partial charge is 0.298 e. The molecular formula is C17H13BrN4OS. The van der Waals surface area contributed by atoms with E-state index >= 15 is 0 Å². The molecule has 0 radical (unpaired) electrons. The molecule has 0 aliphatic carbocycles. The monoisotopic (exact) mass is 400 g/mol. The number of amidine groups is 1. The van der Waals surface area contributed by atoms with Crippen molar-refractivity contribution in [1.82, 2.24) is 10.3 Å². The van der Waals surface area contributed by atoms with Crippen molar-refractivity contribution in [2.45, 2.75) is 6.17 Å². The van der Waals surface area contributed by atoms with Crippen molar-refractivity contribution in [2.24, 2.45) is 10.1 Å². The van der Waals surface area contributed by atoms with E-state index in [2.05, 4.69) is 26.3 Å². The smallest absolute Gasteiger partial charge is 0.276 e. The van der Waals surface area contributed by atoms with Gasteiger partial charge in [0.1, 0.15) is 5.70 Å². The Labute approximate surface area is 151 Å². The Hall–Kier alpha value is -2.12. The number of benzene rings is 2. The van der Waals surface area contributed by atoms with Crippen LogP contribution in [-0.4, -0.2) is 22.3 Å². The highest BCUT2D eigenvalue weighted by Gasteiger charge is 2.33. The molecule has 2 aliphatic rings. The number of nitrogens with zero attached hydrogens (tertiary/aromatic N) is 3. The minimum Gasteiger partial charge on any atom is -0.298 e. The molecule has 0 saturated heterocycles. The molecule has 0 fully saturated rings. The minimum atomic E-state index is -0.365. The van der Waals surface area contributed by atoms with Gasteiger partial charge in [-0.2, -0.15) is 0 Å². The average molecular weight is 401 g/mol. The molecular weight excluding hydrogens is 388 g/mol. The van der Waals surface area contributed by atoms with Crippen LogP contribution in [0, 0.1) is 0 Å². The maximum absolute atomic E-state index is 12.7. The third-order valence-corrected chi connectivity index (χ3v) is 4.98. The molecule has 2 heterocycles. The Kier molecular flexibility index (Phi) is 3.90. The number of amides is 1. The van der Waals surface area contributed by atoms with Gasteiger partial charge in [0.2, 0.25) is 0 Å². The van der Waals surface area contributed by atoms with Crippen molar-refractivity contribution in [1.29, 1.82) is 0 Å². The van der Waals surface area contributed by atoms with Gasteiger partial charge < -0.3 is 0 Å². The standard InChI is InChI=1S/C17H13BrN4OS/c1-24-17-20-16(23)14-12-4-2-3-5-13(12)19-15(22(14)21-17)10-6-8-11(18)9-7-10/h2-9,15H,1H3,(H,20,21,23)/t15-/m0/s1. The number of nitrogens with one attached hydrogen (secondary N) is 1. The lowest BCUT2D eigenvalue weighted by atomic mass is 10.1. The lowest BCUT2D eigenvalue weighted by molar-refractivity contribution is -0.116. The number of carbonyl (C=O) groups is 1. The van der Waals surface area contributed by atoms with E-state index in [4.69, 9.17) is 4.99 Å². The van der Waals surface area contributed by atoms with Gasteiger partial charge in [0, 0.05) is 9.69 Å². The van der Waals surface area contributed by atoms with Crippen LogP contribution in [0.5, 0.6) is 0 Å². The number of hydrazone groups is 1. The molecule has 1 amide bonds. The van der Waals surface area contributed by atoms with Gasteiger partial charge in [-0.05, 0) is 30.0 Å². The number of thioether (sulfide) groups is 1. The topological polar surface area (TPSA) is 57.1 Å². The van der Waals surface area contributed by atoms with E-state index in [1.807, 2.05) is 54.8 Å². The summed E-state index contributed by atoms with van der Waals surface area (Å²) in [6, 6.07) is 15.6. The molecule has 1 atom stereocenters. The third kappa shape index (κ3) is 2.53. The van der Waals surface area contributed by atoms with Gasteiger partial charge in [-0.15, -0.1) is 5.10 Å². The first kappa shape index (κ1) is 15.4. The molecule has 120 valence electrons. The number of rotatable bonds is 1. The normalized spacial score (nSPS) is 19.0. The number of halogens is 1. The van der Waals surface area contributed by atoms with Gasteiger partial charge in [0.05, 0.1) is 5.36 Å². The molecule has 7 heteroatoms. The fourth-order valence-corrected chi connectivity index (χ4v) is 3.40. The molecule has 5 nitrogen and oxygen atoms in total. The molecule has 0 spiro atoms. The van der Waals surface area contributed by atoms with Crippen molar-refractivity contribution in [2.75, 3.05) is 6.26 Å². The first-order valence-electron chi connectivity index (χ1n) is 7.33. The SMILES string of the molecule is CSC1=NN2C(=c3ccccc3=N[C@@H]2c2ccc(Br)cc2)C(=O)N1. The molecule has 0 bridgehead atoms. The molecule has 4 rings (SSSR count). The highest BCUT2D eigenvalue weighted by molar-refractivity contribution is 9.10. The first-order valence-corrected chi connectivity index (χ1v) is 9.35. The quantitative estimate of drug-likeness (QED) is 0.795. The van der Waals surface area contributed by atoms with Crippen molar-refractivity contribution < 1.29 is 4.79 Å². The fourth-order valence-electron chi connectivity index (χ4n) is 2.77. The van der Waals surface area contributed by atoms with Crippen LogP contribution >= 0.6 is 27.7 Å². The van der Waals surface area contributed by atoms with Crippen LogP contribution in [-0.2, 0) is 4.79 Å². The van der Waals surface area contributed by atoms with Gasteiger partial charge >= 0.3 is 0 Å². The Balaban J connectivity index is 1.97. The number of carbonyl (C=O) groups excluding carboxylic acids is 1. The second-order valence-electron chi connectivity index (χ2n) is 5.33. The minimum absolute atomic E-state index is 0.154. The molecule has 2 aliphatic heterocycles. The van der Waals surface area contributed by atoms with Crippen molar-refractivity contribution in [3.63, 3.8) is 0 Å². The number of hydrogen-bond acceptors (Lipinski definition) is 5. The number of hydrogen-bond donors (Lipinski definition) is 1. The van der Waals surface area contributed by atoms with Crippen LogP contribution in [0.3, 0.4) is 0 Å². The first-order chi connectivity index (χ1) is 11.7. The molecule has 24 heavy (non-hydrogen) atoms. The second kappa shape index (κ2) is 6.07. The van der Waals surface area contributed by atoms with E-state index in [1.165, 1.54) is 11.8 Å². The number of fused-ring (bicyclic) bond motifs is 2. The summed E-state index contributed by atoms with van der Waals surface area (Å²) in [6.45, 7) is 0. The van der Waals surface area contributed by atoms with Gasteiger partial charge in [0.15, 0.2) is 11.3 Å². The Morgan fingerprint density at radius 3 is 2.67 bits per heavy atom. The third-order valence-electron chi connectivity index (χ3n) is 3.88. The zero-order valence-electron chi connectivity index (χ0n) is 12.7. The van der Waals surface area contributed by atoms with E-state index < -0.39 is 0 Å². The van der Waals surface area contributed by atoms with E-state index in [0.717, 1.165) is 20.6 Å². The van der Waals surface area contributed by atoms with Crippen LogP contribution in [0.25, 0.3) is 5.70 Å². The van der Waals surface area contributed by atoms with Crippen LogP contribution in [0.15, 0.2) is 63.1 Å². The predicted molar refractivity (Wildman–Crippen MR) is 98.4 cm³/mol. The summed E-state index contributed by atoms with van der Waals surface area (Å²) in [4.78, 5) is 17.5. The second-order valence-corrected chi connectivity index (χ2v) is 7.04. The highest BCUT2D eigenvalue weighted by atomic mass is 79.9. The maximum Gasteiger partial charge on any atom is 0.276 e. The zero-order valence-corrected chi connectivity index (χ0v) is 15.1. The van der Waals surface area contributed by atoms with Gasteiger partial charge in [-0.1, -0.05) is 58.0 Å². The van der Waals surface area contributed by atoms with Gasteiger partial charge in [0.25, 0.3) is 5.91 Å². The number of para-hydroxylation sites is 1. The lowest BCUT2D eigenvalue weighted by Gasteiger charge is -2.33. The fraction of sp³-hybridized carbons (Fsp3) is 0.118. The van der Waals surface area contributed by atoms with E-state index in [0.29, 0.717) is 10.9 Å². The lowest BCUT2D eigenvalue weighted by Crippen LogP contribution is -2.50. The van der Waals surface area contributed by atoms with Crippen LogP contribution in [0.1, 0.15) is 11.7 Å². The molecule has 2 aromatic carbocycles. The summed E-state index contributed by atoms with van der Waals surface area (Å²) in [5, 5.41) is 11.3. The molecule has 1 N–H and O–H groups in total. The maximum atomic E-state index is 12.7. The van der Waals surface area contributed by atoms with Crippen LogP contribution in [0.2, 0.25) is 0 Å². The highest BCUT2D eigenvalue weighted by Crippen LogP contribution is 2.30. The van der Waals surface area contributed by atoms with Crippen LogP contribution < -0.4 is 15.9 Å². The molecule has 0 aromatic heterocycles. The van der Waals surface area contributed by atoms with Gasteiger partial charge in [-0.25, -0.2) is 5.01 Å². The van der Waals surface area contributed by atoms with E-state index in [1.54, 1.807) is 5.01 Å². The summed E-state index contributed by atoms with van der Waals surface area (Å²) in [5.74, 6) is -0.154. The summed E-state index contributed by atoms with van der Waals surface area (Å²) in [7, 11) is 0. The van der Waals surface area contributed by atoms with E-state index in [9.17, 15) is 4.79 Å². The molecule has 0 unspecified atom stereocenters. The Morgan fingerprint density at radius 2 is 1.92 bits per heavy atom. The summed E-state index contributed by atoms with van der Waals surface area (Å²) < 4.78 is 0.997. The summed E-state index contributed by atoms with van der Waals surface area (Å²) >= 11 is 4.85. The van der Waals surface area contributed by atoms with Crippen molar-refractivity contribution >= 4 is 44.5 Å². The van der Waals surface area contributed by atoms with Gasteiger partial charge in [-0.3, -0.25) is 15.1 Å².